The van der Waals surface area contributed by atoms with E-state index in [1.165, 1.54) is 17.7 Å². The molecule has 0 saturated heterocycles. The van der Waals surface area contributed by atoms with E-state index in [-0.39, 0.29) is 34.1 Å². The lowest BCUT2D eigenvalue weighted by Gasteiger charge is -2.42. The van der Waals surface area contributed by atoms with Crippen molar-refractivity contribution in [1.82, 2.24) is 9.55 Å². The number of aryl methyl sites for hydroxylation is 1. The quantitative estimate of drug-likeness (QED) is 0.372. The van der Waals surface area contributed by atoms with E-state index < -0.39 is 11.6 Å². The molecule has 0 atom stereocenters. The van der Waals surface area contributed by atoms with Gasteiger partial charge < -0.3 is 19.1 Å². The lowest BCUT2D eigenvalue weighted by atomic mass is 9.88. The van der Waals surface area contributed by atoms with Gasteiger partial charge in [0.2, 0.25) is 5.82 Å². The first-order chi connectivity index (χ1) is 18.2. The molecule has 2 fully saturated rings. The number of aromatic nitrogens is 2. The van der Waals surface area contributed by atoms with Gasteiger partial charge in [0.05, 0.1) is 18.3 Å². The Hall–Kier alpha value is -3.38. The van der Waals surface area contributed by atoms with Gasteiger partial charge in [-0.3, -0.25) is 4.79 Å². The molecule has 2 aliphatic carbocycles. The second-order valence-electron chi connectivity index (χ2n) is 10.3. The van der Waals surface area contributed by atoms with E-state index >= 15 is 0 Å². The van der Waals surface area contributed by atoms with Gasteiger partial charge in [-0.05, 0) is 56.6 Å². The lowest BCUT2D eigenvalue weighted by Crippen LogP contribution is -2.44. The summed E-state index contributed by atoms with van der Waals surface area (Å²) in [5.41, 5.74) is 1.93. The Bertz CT molecular complexity index is 1480. The van der Waals surface area contributed by atoms with Crippen LogP contribution in [0, 0.1) is 28.9 Å². The zero-order valence-electron chi connectivity index (χ0n) is 21.7. The Morgan fingerprint density at radius 3 is 2.47 bits per heavy atom. The number of fused-ring (bicyclic) bond motifs is 1. The summed E-state index contributed by atoms with van der Waals surface area (Å²) >= 11 is 6.21. The maximum atomic E-state index is 14.4. The molecule has 0 amide bonds. The number of halogens is 3. The van der Waals surface area contributed by atoms with E-state index in [2.05, 4.69) is 16.0 Å². The van der Waals surface area contributed by atoms with E-state index in [0.29, 0.717) is 28.3 Å². The second-order valence-corrected chi connectivity index (χ2v) is 10.7. The summed E-state index contributed by atoms with van der Waals surface area (Å²) in [4.78, 5) is 21.7. The van der Waals surface area contributed by atoms with Crippen molar-refractivity contribution in [2.24, 2.45) is 13.0 Å². The van der Waals surface area contributed by atoms with Crippen molar-refractivity contribution in [3.8, 4) is 11.8 Å². The number of ether oxygens (including phenoxy) is 1. The highest BCUT2D eigenvalue weighted by molar-refractivity contribution is 6.29. The molecule has 0 spiro atoms. The molecule has 10 heteroatoms. The van der Waals surface area contributed by atoms with E-state index in [1.807, 2.05) is 11.9 Å². The zero-order valence-corrected chi connectivity index (χ0v) is 22.4. The van der Waals surface area contributed by atoms with Crippen LogP contribution in [0.1, 0.15) is 44.1 Å². The number of rotatable bonds is 7. The smallest absolute Gasteiger partial charge is 0.270 e. The number of benzene rings is 1. The van der Waals surface area contributed by atoms with Crippen molar-refractivity contribution in [1.29, 1.82) is 5.26 Å². The topological polar surface area (TPSA) is 74.4 Å². The average Bonchev–Trinajstić information content (AvgIpc) is 3.74. The summed E-state index contributed by atoms with van der Waals surface area (Å²) in [5.74, 6) is -1.44. The molecule has 7 nitrogen and oxygen atoms in total. The molecule has 38 heavy (non-hydrogen) atoms. The third-order valence-corrected chi connectivity index (χ3v) is 8.19. The maximum Gasteiger partial charge on any atom is 0.270 e. The molecule has 1 aromatic carbocycles. The molecule has 0 radical (unpaired) electrons. The molecule has 0 N–H and O–H groups in total. The van der Waals surface area contributed by atoms with E-state index in [1.54, 1.807) is 25.2 Å². The summed E-state index contributed by atoms with van der Waals surface area (Å²) in [6, 6.07) is 8.53. The molecular weight excluding hydrogens is 512 g/mol. The van der Waals surface area contributed by atoms with Crippen molar-refractivity contribution in [2.75, 3.05) is 30.5 Å². The Labute approximate surface area is 225 Å². The van der Waals surface area contributed by atoms with Gasteiger partial charge in [-0.15, -0.1) is 0 Å². The Balaban J connectivity index is 1.42. The second kappa shape index (κ2) is 10.4. The normalized spacial score (nSPS) is 19.3. The number of pyridine rings is 2. The largest absolute Gasteiger partial charge is 0.493 e. The number of methoxy groups -OCH3 is 1. The fraction of sp³-hybridized carbons (Fsp3) is 0.464. The molecule has 200 valence electrons. The lowest BCUT2D eigenvalue weighted by molar-refractivity contribution is 0.359. The van der Waals surface area contributed by atoms with Crippen LogP contribution in [0.5, 0.6) is 5.75 Å². The van der Waals surface area contributed by atoms with Gasteiger partial charge >= 0.3 is 0 Å². The van der Waals surface area contributed by atoms with Crippen LogP contribution in [0.15, 0.2) is 29.1 Å². The zero-order chi connectivity index (χ0) is 27.1. The monoisotopic (exact) mass is 541 g/mol. The first-order valence-corrected chi connectivity index (χ1v) is 13.2. The van der Waals surface area contributed by atoms with Crippen molar-refractivity contribution < 1.29 is 13.5 Å². The van der Waals surface area contributed by atoms with E-state index in [9.17, 15) is 18.8 Å². The van der Waals surface area contributed by atoms with Gasteiger partial charge in [0.15, 0.2) is 11.6 Å². The minimum Gasteiger partial charge on any atom is -0.493 e. The number of nitrogens with zero attached hydrogens (tertiary/aromatic N) is 5. The number of nitriles is 1. The van der Waals surface area contributed by atoms with E-state index in [0.717, 1.165) is 45.1 Å². The fourth-order valence-electron chi connectivity index (χ4n) is 5.66. The van der Waals surface area contributed by atoms with E-state index in [4.69, 9.17) is 16.3 Å². The highest BCUT2D eigenvalue weighted by Gasteiger charge is 2.34. The van der Waals surface area contributed by atoms with Crippen molar-refractivity contribution in [2.45, 2.75) is 50.6 Å². The summed E-state index contributed by atoms with van der Waals surface area (Å²) in [6.45, 7) is 0.791. The van der Waals surface area contributed by atoms with Crippen LogP contribution < -0.4 is 20.1 Å². The molecule has 2 aromatic heterocycles. The van der Waals surface area contributed by atoms with Gasteiger partial charge in [0, 0.05) is 50.5 Å². The number of hydrogen-bond acceptors (Lipinski definition) is 6. The molecule has 0 unspecified atom stereocenters. The molecule has 0 bridgehead atoms. The first-order valence-electron chi connectivity index (χ1n) is 12.8. The first kappa shape index (κ1) is 26.2. The minimum absolute atomic E-state index is 0.0450. The van der Waals surface area contributed by atoms with Crippen molar-refractivity contribution in [3.63, 3.8) is 0 Å². The molecular formula is C28H30ClF2N5O2. The minimum atomic E-state index is -0.976. The molecule has 0 aliphatic heterocycles. The molecule has 5 rings (SSSR count). The van der Waals surface area contributed by atoms with Crippen LogP contribution in [0.4, 0.5) is 20.2 Å². The van der Waals surface area contributed by atoms with Gasteiger partial charge in [-0.25, -0.2) is 9.37 Å². The van der Waals surface area contributed by atoms with Crippen LogP contribution >= 0.6 is 11.6 Å². The summed E-state index contributed by atoms with van der Waals surface area (Å²) in [7, 11) is 4.86. The predicted molar refractivity (Wildman–Crippen MR) is 144 cm³/mol. The predicted octanol–water partition coefficient (Wildman–Crippen LogP) is 5.41. The molecule has 3 aromatic rings. The summed E-state index contributed by atoms with van der Waals surface area (Å²) in [5, 5.41) is 10.2. The molecule has 2 aliphatic rings. The SMILES string of the molecule is COc1cc(N(CC2CC2)C2CCC(N(C)c3c(C#N)c(=O)n(C)c4ccc(Cl)nc34)CC2)cc(F)c1F. The van der Waals surface area contributed by atoms with Crippen LogP contribution in [0.2, 0.25) is 5.15 Å². The van der Waals surface area contributed by atoms with Crippen LogP contribution in [0.3, 0.4) is 0 Å². The standard InChI is InChI=1S/C28H30ClF2N5O2/c1-34(27-20(14-32)28(37)35(2)22-10-11-24(29)33-26(22)27)17-6-8-18(9-7-17)36(15-16-4-5-16)19-12-21(30)25(31)23(13-19)38-3/h10-13,16-18H,4-9,15H2,1-3H3. The highest BCUT2D eigenvalue weighted by Crippen LogP contribution is 2.39. The summed E-state index contributed by atoms with van der Waals surface area (Å²) in [6.07, 6.45) is 5.51. The number of hydrogen-bond donors (Lipinski definition) is 0. The molecule has 2 heterocycles. The Morgan fingerprint density at radius 1 is 1.16 bits per heavy atom. The van der Waals surface area contributed by atoms with Gasteiger partial charge in [0.1, 0.15) is 22.3 Å². The third-order valence-electron chi connectivity index (χ3n) is 7.98. The van der Waals surface area contributed by atoms with Crippen LogP contribution in [-0.2, 0) is 7.05 Å². The average molecular weight is 542 g/mol. The highest BCUT2D eigenvalue weighted by atomic mass is 35.5. The number of anilines is 2. The fourth-order valence-corrected chi connectivity index (χ4v) is 5.81. The maximum absolute atomic E-state index is 14.4. The van der Waals surface area contributed by atoms with Gasteiger partial charge in [-0.2, -0.15) is 9.65 Å². The Kier molecular flexibility index (Phi) is 7.19. The van der Waals surface area contributed by atoms with Crippen molar-refractivity contribution in [3.05, 3.63) is 57.0 Å². The third kappa shape index (κ3) is 4.78. The summed E-state index contributed by atoms with van der Waals surface area (Å²) < 4.78 is 35.0. The van der Waals surface area contributed by atoms with Crippen molar-refractivity contribution >= 4 is 34.0 Å². The van der Waals surface area contributed by atoms with Crippen LogP contribution in [0.25, 0.3) is 11.0 Å². The van der Waals surface area contributed by atoms with Gasteiger partial charge in [-0.1, -0.05) is 11.6 Å². The van der Waals surface area contributed by atoms with Crippen LogP contribution in [-0.4, -0.2) is 42.3 Å². The molecule has 2 saturated carbocycles. The van der Waals surface area contributed by atoms with Gasteiger partial charge in [0.25, 0.3) is 5.56 Å². The Morgan fingerprint density at radius 2 is 1.84 bits per heavy atom.